The first-order valence-corrected chi connectivity index (χ1v) is 5.45. The number of pyridine rings is 1. The Morgan fingerprint density at radius 1 is 1.53 bits per heavy atom. The number of nitrogens with one attached hydrogen (secondary N) is 1. The second kappa shape index (κ2) is 5.14. The molecular weight excluding hydrogens is 220 g/mol. The van der Waals surface area contributed by atoms with Crippen LogP contribution >= 0.6 is 0 Å². The van der Waals surface area contributed by atoms with Gasteiger partial charge in [0.25, 0.3) is 0 Å². The summed E-state index contributed by atoms with van der Waals surface area (Å²) in [6.07, 6.45) is 1.88. The van der Waals surface area contributed by atoms with E-state index in [-0.39, 0.29) is 17.7 Å². The zero-order valence-corrected chi connectivity index (χ0v) is 10.3. The summed E-state index contributed by atoms with van der Waals surface area (Å²) in [6.45, 7) is 5.66. The number of aromatic carboxylic acids is 1. The van der Waals surface area contributed by atoms with Gasteiger partial charge in [0.2, 0.25) is 0 Å². The van der Waals surface area contributed by atoms with Crippen molar-refractivity contribution < 1.29 is 15.0 Å². The van der Waals surface area contributed by atoms with Crippen LogP contribution in [0.5, 0.6) is 0 Å². The summed E-state index contributed by atoms with van der Waals surface area (Å²) >= 11 is 0. The van der Waals surface area contributed by atoms with Crippen molar-refractivity contribution in [2.75, 3.05) is 11.9 Å². The Morgan fingerprint density at radius 3 is 2.71 bits per heavy atom. The van der Waals surface area contributed by atoms with Crippen LogP contribution in [0.1, 0.15) is 36.3 Å². The van der Waals surface area contributed by atoms with Gasteiger partial charge in [0.15, 0.2) is 0 Å². The maximum absolute atomic E-state index is 11.0. The number of anilines is 1. The highest BCUT2D eigenvalue weighted by Crippen LogP contribution is 2.22. The van der Waals surface area contributed by atoms with Crippen molar-refractivity contribution >= 4 is 11.7 Å². The minimum Gasteiger partial charge on any atom is -0.478 e. The molecule has 0 aromatic carbocycles. The lowest BCUT2D eigenvalue weighted by atomic mass is 10.00. The highest BCUT2D eigenvalue weighted by Gasteiger charge is 2.20. The molecule has 5 nitrogen and oxygen atoms in total. The summed E-state index contributed by atoms with van der Waals surface area (Å²) < 4.78 is 0. The highest BCUT2D eigenvalue weighted by molar-refractivity contribution is 5.94. The summed E-state index contributed by atoms with van der Waals surface area (Å²) in [5, 5.41) is 21.1. The van der Waals surface area contributed by atoms with E-state index in [1.54, 1.807) is 13.0 Å². The Labute approximate surface area is 101 Å². The maximum Gasteiger partial charge on any atom is 0.339 e. The van der Waals surface area contributed by atoms with Crippen LogP contribution in [-0.4, -0.2) is 33.3 Å². The molecular formula is C12H18N2O3. The summed E-state index contributed by atoms with van der Waals surface area (Å²) in [6, 6.07) is 1.70. The number of carbonyl (C=O) groups is 1. The van der Waals surface area contributed by atoms with Gasteiger partial charge in [-0.25, -0.2) is 4.79 Å². The molecule has 0 amide bonds. The lowest BCUT2D eigenvalue weighted by molar-refractivity contribution is 0.0697. The molecule has 1 heterocycles. The average Bonchev–Trinajstić information content (AvgIpc) is 2.15. The van der Waals surface area contributed by atoms with E-state index >= 15 is 0 Å². The molecule has 0 aliphatic rings. The Kier molecular flexibility index (Phi) is 4.07. The van der Waals surface area contributed by atoms with Crippen molar-refractivity contribution in [1.82, 2.24) is 4.98 Å². The van der Waals surface area contributed by atoms with E-state index in [2.05, 4.69) is 10.3 Å². The largest absolute Gasteiger partial charge is 0.478 e. The first-order valence-electron chi connectivity index (χ1n) is 5.45. The van der Waals surface area contributed by atoms with Crippen LogP contribution in [0.2, 0.25) is 0 Å². The molecule has 0 unspecified atom stereocenters. The molecule has 0 fully saturated rings. The van der Waals surface area contributed by atoms with Gasteiger partial charge >= 0.3 is 5.97 Å². The second-order valence-electron chi connectivity index (χ2n) is 4.66. The van der Waals surface area contributed by atoms with Gasteiger partial charge in [-0.1, -0.05) is 0 Å². The standard InChI is InChI=1S/C12H18N2O3/c1-8-6-10(9(7-13-8)11(16)17)14-12(2,3)4-5-15/h6-7,15H,4-5H2,1-3H3,(H,13,14)(H,16,17). The van der Waals surface area contributed by atoms with E-state index in [9.17, 15) is 4.79 Å². The zero-order chi connectivity index (χ0) is 13.1. The van der Waals surface area contributed by atoms with E-state index in [1.807, 2.05) is 13.8 Å². The zero-order valence-electron chi connectivity index (χ0n) is 10.3. The van der Waals surface area contributed by atoms with Crippen LogP contribution in [0.25, 0.3) is 0 Å². The van der Waals surface area contributed by atoms with E-state index in [4.69, 9.17) is 10.2 Å². The summed E-state index contributed by atoms with van der Waals surface area (Å²) in [5.41, 5.74) is 1.05. The first kappa shape index (κ1) is 13.4. The third-order valence-corrected chi connectivity index (χ3v) is 2.48. The van der Waals surface area contributed by atoms with Crippen LogP contribution in [-0.2, 0) is 0 Å². The lowest BCUT2D eigenvalue weighted by Gasteiger charge is -2.27. The number of carboxylic acids is 1. The Morgan fingerprint density at radius 2 is 2.18 bits per heavy atom. The third-order valence-electron chi connectivity index (χ3n) is 2.48. The van der Waals surface area contributed by atoms with Gasteiger partial charge in [-0.3, -0.25) is 4.98 Å². The SMILES string of the molecule is Cc1cc(NC(C)(C)CCO)c(C(=O)O)cn1. The molecule has 0 bridgehead atoms. The molecule has 94 valence electrons. The fourth-order valence-electron chi connectivity index (χ4n) is 1.54. The monoisotopic (exact) mass is 238 g/mol. The van der Waals surface area contributed by atoms with Crippen LogP contribution in [0.15, 0.2) is 12.3 Å². The van der Waals surface area contributed by atoms with Gasteiger partial charge < -0.3 is 15.5 Å². The predicted molar refractivity (Wildman–Crippen MR) is 65.3 cm³/mol. The minimum atomic E-state index is -1.01. The Hall–Kier alpha value is -1.62. The van der Waals surface area contributed by atoms with Crippen LogP contribution in [0, 0.1) is 6.92 Å². The number of carboxylic acid groups (broad SMARTS) is 1. The molecule has 0 saturated carbocycles. The quantitative estimate of drug-likeness (QED) is 0.726. The molecule has 5 heteroatoms. The van der Waals surface area contributed by atoms with Crippen molar-refractivity contribution in [3.05, 3.63) is 23.5 Å². The van der Waals surface area contributed by atoms with Crippen LogP contribution in [0.3, 0.4) is 0 Å². The van der Waals surface area contributed by atoms with Crippen LogP contribution < -0.4 is 5.32 Å². The molecule has 1 aromatic rings. The number of hydrogen-bond donors (Lipinski definition) is 3. The maximum atomic E-state index is 11.0. The third kappa shape index (κ3) is 3.71. The number of aromatic nitrogens is 1. The minimum absolute atomic E-state index is 0.0481. The molecule has 1 aromatic heterocycles. The Balaban J connectivity index is 3.04. The van der Waals surface area contributed by atoms with Gasteiger partial charge in [0, 0.05) is 24.0 Å². The number of aliphatic hydroxyl groups excluding tert-OH is 1. The van der Waals surface area contributed by atoms with E-state index in [0.29, 0.717) is 12.1 Å². The predicted octanol–water partition coefficient (Wildman–Crippen LogP) is 1.66. The normalized spacial score (nSPS) is 11.3. The van der Waals surface area contributed by atoms with Crippen molar-refractivity contribution in [2.24, 2.45) is 0 Å². The molecule has 0 aliphatic heterocycles. The van der Waals surface area contributed by atoms with Gasteiger partial charge in [-0.05, 0) is 33.3 Å². The van der Waals surface area contributed by atoms with Crippen molar-refractivity contribution in [3.8, 4) is 0 Å². The number of aliphatic hydroxyl groups is 1. The topological polar surface area (TPSA) is 82.5 Å². The molecule has 0 spiro atoms. The molecule has 3 N–H and O–H groups in total. The molecule has 0 radical (unpaired) electrons. The van der Waals surface area contributed by atoms with E-state index < -0.39 is 5.97 Å². The van der Waals surface area contributed by atoms with Crippen molar-refractivity contribution in [3.63, 3.8) is 0 Å². The van der Waals surface area contributed by atoms with E-state index in [1.165, 1.54) is 6.20 Å². The fraction of sp³-hybridized carbons (Fsp3) is 0.500. The number of aryl methyl sites for hydroxylation is 1. The number of rotatable bonds is 5. The van der Waals surface area contributed by atoms with Crippen molar-refractivity contribution in [2.45, 2.75) is 32.7 Å². The summed E-state index contributed by atoms with van der Waals surface area (Å²) in [7, 11) is 0. The number of nitrogens with zero attached hydrogens (tertiary/aromatic N) is 1. The number of hydrogen-bond acceptors (Lipinski definition) is 4. The smallest absolute Gasteiger partial charge is 0.339 e. The molecule has 1 rings (SSSR count). The first-order chi connectivity index (χ1) is 7.85. The lowest BCUT2D eigenvalue weighted by Crippen LogP contribution is -2.32. The summed E-state index contributed by atoms with van der Waals surface area (Å²) in [5.74, 6) is -1.01. The highest BCUT2D eigenvalue weighted by atomic mass is 16.4. The molecule has 0 aliphatic carbocycles. The van der Waals surface area contributed by atoms with E-state index in [0.717, 1.165) is 5.69 Å². The molecule has 0 saturated heterocycles. The second-order valence-corrected chi connectivity index (χ2v) is 4.66. The Bertz CT molecular complexity index is 416. The van der Waals surface area contributed by atoms with Gasteiger partial charge in [-0.2, -0.15) is 0 Å². The fourth-order valence-corrected chi connectivity index (χ4v) is 1.54. The van der Waals surface area contributed by atoms with Gasteiger partial charge in [0.1, 0.15) is 5.56 Å². The summed E-state index contributed by atoms with van der Waals surface area (Å²) in [4.78, 5) is 15.0. The molecule has 0 atom stereocenters. The average molecular weight is 238 g/mol. The molecule has 17 heavy (non-hydrogen) atoms. The van der Waals surface area contributed by atoms with Crippen molar-refractivity contribution in [1.29, 1.82) is 0 Å². The van der Waals surface area contributed by atoms with Crippen LogP contribution in [0.4, 0.5) is 5.69 Å². The van der Waals surface area contributed by atoms with Gasteiger partial charge in [0.05, 0.1) is 5.69 Å². The van der Waals surface area contributed by atoms with Gasteiger partial charge in [-0.15, -0.1) is 0 Å².